The second-order valence-electron chi connectivity index (χ2n) is 4.99. The molecule has 3 heteroatoms. The zero-order chi connectivity index (χ0) is 12.3. The van der Waals surface area contributed by atoms with E-state index in [0.717, 1.165) is 11.4 Å². The van der Waals surface area contributed by atoms with E-state index in [0.29, 0.717) is 0 Å². The summed E-state index contributed by atoms with van der Waals surface area (Å²) < 4.78 is 0. The van der Waals surface area contributed by atoms with Gasteiger partial charge in [0, 0.05) is 16.6 Å². The highest BCUT2D eigenvalue weighted by Gasteiger charge is 2.28. The topological polar surface area (TPSA) is 29.3 Å². The molecule has 0 saturated heterocycles. The summed E-state index contributed by atoms with van der Waals surface area (Å²) in [4.78, 5) is 2.16. The first-order chi connectivity index (χ1) is 7.34. The third-order valence-electron chi connectivity index (χ3n) is 3.43. The van der Waals surface area contributed by atoms with Crippen LogP contribution in [0.4, 0.5) is 0 Å². The van der Waals surface area contributed by atoms with E-state index in [1.807, 2.05) is 24.3 Å². The second-order valence-corrected chi connectivity index (χ2v) is 5.42. The summed E-state index contributed by atoms with van der Waals surface area (Å²) in [5.74, 6) is 0. The maximum Gasteiger partial charge on any atom is 0.0406 e. The number of likely N-dealkylation sites (N-methyl/N-ethyl adjacent to an activating group) is 1. The van der Waals surface area contributed by atoms with Gasteiger partial charge in [-0.1, -0.05) is 23.7 Å². The smallest absolute Gasteiger partial charge is 0.0406 e. The molecule has 0 bridgehead atoms. The molecule has 0 spiro atoms. The molecule has 0 aliphatic heterocycles. The van der Waals surface area contributed by atoms with Crippen LogP contribution in [0.25, 0.3) is 0 Å². The van der Waals surface area contributed by atoms with Crippen LogP contribution in [-0.4, -0.2) is 30.6 Å². The van der Waals surface area contributed by atoms with Gasteiger partial charge in [-0.25, -0.2) is 0 Å². The molecule has 16 heavy (non-hydrogen) atoms. The molecule has 1 rings (SSSR count). The number of rotatable bonds is 4. The van der Waals surface area contributed by atoms with Crippen molar-refractivity contribution in [1.82, 2.24) is 4.90 Å². The monoisotopic (exact) mass is 240 g/mol. The van der Waals surface area contributed by atoms with Gasteiger partial charge >= 0.3 is 0 Å². The molecule has 1 aromatic carbocycles. The zero-order valence-corrected chi connectivity index (χ0v) is 11.3. The van der Waals surface area contributed by atoms with Crippen LogP contribution in [-0.2, 0) is 6.42 Å². The van der Waals surface area contributed by atoms with Gasteiger partial charge in [0.1, 0.15) is 0 Å². The number of nitrogens with zero attached hydrogens (tertiary/aromatic N) is 1. The molecule has 0 aliphatic rings. The Morgan fingerprint density at radius 1 is 1.25 bits per heavy atom. The van der Waals surface area contributed by atoms with Crippen LogP contribution in [0.3, 0.4) is 0 Å². The lowest BCUT2D eigenvalue weighted by atomic mass is 9.89. The van der Waals surface area contributed by atoms with E-state index in [-0.39, 0.29) is 11.6 Å². The molecular formula is C13H21ClN2. The maximum absolute atomic E-state index is 6.25. The summed E-state index contributed by atoms with van der Waals surface area (Å²) in [6, 6.07) is 7.99. The minimum atomic E-state index is -0.0142. The molecule has 0 aliphatic carbocycles. The predicted molar refractivity (Wildman–Crippen MR) is 70.9 cm³/mol. The summed E-state index contributed by atoms with van der Waals surface area (Å²) >= 11 is 5.85. The summed E-state index contributed by atoms with van der Waals surface area (Å²) in [6.07, 6.45) is 0.863. The standard InChI is InChI=1S/C13H21ClN2/c1-13(2,16(3)4)12(15)9-10-5-7-11(14)8-6-10/h5-8,12H,9,15H2,1-4H3. The van der Waals surface area contributed by atoms with Crippen molar-refractivity contribution >= 4 is 11.6 Å². The highest BCUT2D eigenvalue weighted by Crippen LogP contribution is 2.18. The van der Waals surface area contributed by atoms with Crippen LogP contribution in [0, 0.1) is 0 Å². The average Bonchev–Trinajstić information content (AvgIpc) is 2.21. The molecule has 2 nitrogen and oxygen atoms in total. The molecule has 1 atom stereocenters. The number of nitrogens with two attached hydrogens (primary N) is 1. The lowest BCUT2D eigenvalue weighted by Crippen LogP contribution is -2.54. The molecule has 0 fully saturated rings. The van der Waals surface area contributed by atoms with E-state index < -0.39 is 0 Å². The fourth-order valence-corrected chi connectivity index (χ4v) is 1.58. The van der Waals surface area contributed by atoms with Gasteiger partial charge in [0.05, 0.1) is 0 Å². The van der Waals surface area contributed by atoms with Crippen molar-refractivity contribution in [2.75, 3.05) is 14.1 Å². The fourth-order valence-electron chi connectivity index (χ4n) is 1.46. The molecule has 1 aromatic rings. The van der Waals surface area contributed by atoms with Gasteiger partial charge in [-0.15, -0.1) is 0 Å². The van der Waals surface area contributed by atoms with Crippen LogP contribution < -0.4 is 5.73 Å². The molecule has 0 saturated carbocycles. The third kappa shape index (κ3) is 3.21. The van der Waals surface area contributed by atoms with Gasteiger partial charge in [-0.3, -0.25) is 0 Å². The molecule has 90 valence electrons. The third-order valence-corrected chi connectivity index (χ3v) is 3.68. The molecule has 0 heterocycles. The number of benzene rings is 1. The lowest BCUT2D eigenvalue weighted by molar-refractivity contribution is 0.158. The highest BCUT2D eigenvalue weighted by atomic mass is 35.5. The van der Waals surface area contributed by atoms with Crippen LogP contribution in [0.15, 0.2) is 24.3 Å². The van der Waals surface area contributed by atoms with Crippen molar-refractivity contribution in [2.24, 2.45) is 5.73 Å². The van der Waals surface area contributed by atoms with E-state index >= 15 is 0 Å². The highest BCUT2D eigenvalue weighted by molar-refractivity contribution is 6.30. The number of hydrogen-bond donors (Lipinski definition) is 1. The Morgan fingerprint density at radius 3 is 2.19 bits per heavy atom. The Balaban J connectivity index is 2.71. The van der Waals surface area contributed by atoms with Crippen LogP contribution in [0.2, 0.25) is 5.02 Å². The largest absolute Gasteiger partial charge is 0.326 e. The van der Waals surface area contributed by atoms with Gasteiger partial charge < -0.3 is 10.6 Å². The van der Waals surface area contributed by atoms with Crippen molar-refractivity contribution in [2.45, 2.75) is 31.8 Å². The normalized spacial score (nSPS) is 14.2. The van der Waals surface area contributed by atoms with Crippen molar-refractivity contribution < 1.29 is 0 Å². The van der Waals surface area contributed by atoms with Gasteiger partial charge in [0.25, 0.3) is 0 Å². The summed E-state index contributed by atoms with van der Waals surface area (Å²) in [5, 5.41) is 0.768. The maximum atomic E-state index is 6.25. The molecule has 0 aromatic heterocycles. The molecule has 1 unspecified atom stereocenters. The first-order valence-electron chi connectivity index (χ1n) is 5.51. The molecule has 2 N–H and O–H groups in total. The molecule has 0 radical (unpaired) electrons. The SMILES string of the molecule is CN(C)C(C)(C)C(N)Cc1ccc(Cl)cc1. The average molecular weight is 241 g/mol. The lowest BCUT2D eigenvalue weighted by Gasteiger charge is -2.38. The summed E-state index contributed by atoms with van der Waals surface area (Å²) in [6.45, 7) is 4.32. The fraction of sp³-hybridized carbons (Fsp3) is 0.538. The van der Waals surface area contributed by atoms with Gasteiger partial charge in [-0.2, -0.15) is 0 Å². The first-order valence-corrected chi connectivity index (χ1v) is 5.89. The van der Waals surface area contributed by atoms with Crippen molar-refractivity contribution in [1.29, 1.82) is 0 Å². The number of halogens is 1. The Bertz CT molecular complexity index is 330. The quantitative estimate of drug-likeness (QED) is 0.877. The van der Waals surface area contributed by atoms with Gasteiger partial charge in [-0.05, 0) is 52.1 Å². The van der Waals surface area contributed by atoms with E-state index in [9.17, 15) is 0 Å². The zero-order valence-electron chi connectivity index (χ0n) is 10.5. The van der Waals surface area contributed by atoms with E-state index in [2.05, 4.69) is 32.8 Å². The molecule has 0 amide bonds. The Kier molecular flexibility index (Phi) is 4.36. The Hall–Kier alpha value is -0.570. The van der Waals surface area contributed by atoms with Crippen LogP contribution in [0.1, 0.15) is 19.4 Å². The van der Waals surface area contributed by atoms with Gasteiger partial charge in [0.2, 0.25) is 0 Å². The predicted octanol–water partition coefficient (Wildman–Crippen LogP) is 2.55. The van der Waals surface area contributed by atoms with Crippen molar-refractivity contribution in [3.8, 4) is 0 Å². The van der Waals surface area contributed by atoms with E-state index in [1.165, 1.54) is 5.56 Å². The summed E-state index contributed by atoms with van der Waals surface area (Å²) in [7, 11) is 4.11. The van der Waals surface area contributed by atoms with E-state index in [1.54, 1.807) is 0 Å². The minimum absolute atomic E-state index is 0.0142. The number of hydrogen-bond acceptors (Lipinski definition) is 2. The second kappa shape index (κ2) is 5.17. The Morgan fingerprint density at radius 2 is 1.75 bits per heavy atom. The summed E-state index contributed by atoms with van der Waals surface area (Å²) in [5.41, 5.74) is 7.46. The van der Waals surface area contributed by atoms with Gasteiger partial charge in [0.15, 0.2) is 0 Å². The van der Waals surface area contributed by atoms with E-state index in [4.69, 9.17) is 17.3 Å². The van der Waals surface area contributed by atoms with Crippen molar-refractivity contribution in [3.05, 3.63) is 34.9 Å². The first kappa shape index (κ1) is 13.5. The van der Waals surface area contributed by atoms with Crippen LogP contribution in [0.5, 0.6) is 0 Å². The van der Waals surface area contributed by atoms with Crippen LogP contribution >= 0.6 is 11.6 Å². The molecular weight excluding hydrogens is 220 g/mol. The van der Waals surface area contributed by atoms with Crippen molar-refractivity contribution in [3.63, 3.8) is 0 Å². The minimum Gasteiger partial charge on any atom is -0.326 e. The Labute approximate surface area is 103 Å².